The van der Waals surface area contributed by atoms with Crippen LogP contribution in [-0.4, -0.2) is 27.2 Å². The second-order valence-electron chi connectivity index (χ2n) is 5.23. The molecule has 1 fully saturated rings. The monoisotopic (exact) mass is 244 g/mol. The lowest BCUT2D eigenvalue weighted by Crippen LogP contribution is -2.34. The Balaban J connectivity index is 1.70. The van der Waals surface area contributed by atoms with Crippen LogP contribution in [0.2, 0.25) is 0 Å². The van der Waals surface area contributed by atoms with Crippen molar-refractivity contribution in [3.8, 4) is 0 Å². The van der Waals surface area contributed by atoms with Crippen LogP contribution in [0.25, 0.3) is 5.65 Å². The Morgan fingerprint density at radius 1 is 1.39 bits per heavy atom. The van der Waals surface area contributed by atoms with Crippen LogP contribution >= 0.6 is 0 Å². The number of piperidine rings is 1. The minimum absolute atomic E-state index is 0.663. The van der Waals surface area contributed by atoms with E-state index in [4.69, 9.17) is 0 Å². The number of hydrogen-bond donors (Lipinski definition) is 1. The van der Waals surface area contributed by atoms with Crippen LogP contribution in [0.5, 0.6) is 0 Å². The summed E-state index contributed by atoms with van der Waals surface area (Å²) >= 11 is 0. The van der Waals surface area contributed by atoms with Crippen LogP contribution < -0.4 is 5.32 Å². The van der Waals surface area contributed by atoms with Gasteiger partial charge in [-0.1, -0.05) is 6.42 Å². The third-order valence-corrected chi connectivity index (χ3v) is 3.76. The summed E-state index contributed by atoms with van der Waals surface area (Å²) in [7, 11) is 0. The first-order valence-electron chi connectivity index (χ1n) is 6.86. The van der Waals surface area contributed by atoms with Crippen molar-refractivity contribution >= 4 is 5.65 Å². The van der Waals surface area contributed by atoms with Crippen molar-refractivity contribution < 1.29 is 0 Å². The number of aryl methyl sites for hydroxylation is 2. The third kappa shape index (κ3) is 2.38. The van der Waals surface area contributed by atoms with Crippen LogP contribution in [0.3, 0.4) is 0 Å². The molecule has 1 N–H and O–H groups in total. The zero-order chi connectivity index (χ0) is 12.4. The van der Waals surface area contributed by atoms with Crippen molar-refractivity contribution in [1.82, 2.24) is 19.9 Å². The first-order valence-corrected chi connectivity index (χ1v) is 6.86. The number of fused-ring (bicyclic) bond motifs is 1. The molecule has 0 aliphatic carbocycles. The van der Waals surface area contributed by atoms with Gasteiger partial charge in [-0.25, -0.2) is 0 Å². The molecule has 2 aromatic rings. The average molecular weight is 244 g/mol. The molecule has 1 aliphatic heterocycles. The summed E-state index contributed by atoms with van der Waals surface area (Å²) in [5.74, 6) is 1.08. The minimum Gasteiger partial charge on any atom is -0.314 e. The van der Waals surface area contributed by atoms with Crippen LogP contribution in [0.1, 0.15) is 37.1 Å². The molecule has 1 unspecified atom stereocenters. The summed E-state index contributed by atoms with van der Waals surface area (Å²) in [4.78, 5) is 0. The SMILES string of the molecule is Cc1ccn2c(CCC3CCCCN3)nnc2c1. The molecular formula is C14H20N4. The van der Waals surface area contributed by atoms with Crippen molar-refractivity contribution in [3.63, 3.8) is 0 Å². The molecule has 96 valence electrons. The van der Waals surface area contributed by atoms with E-state index in [1.165, 1.54) is 31.4 Å². The van der Waals surface area contributed by atoms with Crippen molar-refractivity contribution in [2.75, 3.05) is 6.54 Å². The number of hydrogen-bond acceptors (Lipinski definition) is 3. The Labute approximate surface area is 107 Å². The van der Waals surface area contributed by atoms with Crippen LogP contribution in [0.15, 0.2) is 18.3 Å². The first-order chi connectivity index (χ1) is 8.83. The van der Waals surface area contributed by atoms with E-state index in [0.29, 0.717) is 6.04 Å². The molecule has 1 saturated heterocycles. The molecule has 0 radical (unpaired) electrons. The lowest BCUT2D eigenvalue weighted by Gasteiger charge is -2.22. The highest BCUT2D eigenvalue weighted by atomic mass is 15.2. The normalized spacial score (nSPS) is 20.4. The molecule has 4 nitrogen and oxygen atoms in total. The van der Waals surface area contributed by atoms with Gasteiger partial charge in [0.2, 0.25) is 0 Å². The molecule has 0 amide bonds. The van der Waals surface area contributed by atoms with E-state index in [-0.39, 0.29) is 0 Å². The zero-order valence-corrected chi connectivity index (χ0v) is 10.9. The maximum Gasteiger partial charge on any atom is 0.161 e. The van der Waals surface area contributed by atoms with Gasteiger partial charge in [0.25, 0.3) is 0 Å². The van der Waals surface area contributed by atoms with E-state index < -0.39 is 0 Å². The van der Waals surface area contributed by atoms with Gasteiger partial charge in [0.15, 0.2) is 5.65 Å². The van der Waals surface area contributed by atoms with Crippen molar-refractivity contribution in [2.24, 2.45) is 0 Å². The summed E-state index contributed by atoms with van der Waals surface area (Å²) in [6, 6.07) is 4.85. The Morgan fingerprint density at radius 3 is 3.17 bits per heavy atom. The predicted molar refractivity (Wildman–Crippen MR) is 71.7 cm³/mol. The highest BCUT2D eigenvalue weighted by molar-refractivity contribution is 5.40. The zero-order valence-electron chi connectivity index (χ0n) is 10.9. The smallest absolute Gasteiger partial charge is 0.161 e. The van der Waals surface area contributed by atoms with Gasteiger partial charge in [-0.2, -0.15) is 0 Å². The quantitative estimate of drug-likeness (QED) is 0.899. The molecule has 4 heteroatoms. The fourth-order valence-electron chi connectivity index (χ4n) is 2.69. The molecule has 1 aliphatic rings. The lowest BCUT2D eigenvalue weighted by molar-refractivity contribution is 0.380. The van der Waals surface area contributed by atoms with Gasteiger partial charge in [-0.05, 0) is 50.4 Å². The van der Waals surface area contributed by atoms with E-state index >= 15 is 0 Å². The Morgan fingerprint density at radius 2 is 2.33 bits per heavy atom. The number of pyridine rings is 1. The van der Waals surface area contributed by atoms with Gasteiger partial charge in [0.1, 0.15) is 5.82 Å². The maximum absolute atomic E-state index is 4.31. The molecule has 18 heavy (non-hydrogen) atoms. The molecule has 0 bridgehead atoms. The van der Waals surface area contributed by atoms with Crippen LogP contribution in [-0.2, 0) is 6.42 Å². The fourth-order valence-corrected chi connectivity index (χ4v) is 2.69. The molecule has 2 aromatic heterocycles. The Bertz CT molecular complexity index is 526. The lowest BCUT2D eigenvalue weighted by atomic mass is 10.0. The molecule has 1 atom stereocenters. The molecule has 0 saturated carbocycles. The predicted octanol–water partition coefficient (Wildman–Crippen LogP) is 2.11. The molecule has 0 aromatic carbocycles. The molecule has 3 rings (SSSR count). The molecule has 3 heterocycles. The van der Waals surface area contributed by atoms with Gasteiger partial charge in [0.05, 0.1) is 0 Å². The topological polar surface area (TPSA) is 42.2 Å². The number of nitrogens with zero attached hydrogens (tertiary/aromatic N) is 3. The van der Waals surface area contributed by atoms with Gasteiger partial charge < -0.3 is 5.32 Å². The minimum atomic E-state index is 0.663. The van der Waals surface area contributed by atoms with E-state index in [2.05, 4.69) is 45.2 Å². The fraction of sp³-hybridized carbons (Fsp3) is 0.571. The summed E-state index contributed by atoms with van der Waals surface area (Å²) in [5, 5.41) is 12.1. The third-order valence-electron chi connectivity index (χ3n) is 3.76. The first kappa shape index (κ1) is 11.7. The number of aromatic nitrogens is 3. The van der Waals surface area contributed by atoms with E-state index in [1.807, 2.05) is 0 Å². The highest BCUT2D eigenvalue weighted by Gasteiger charge is 2.14. The summed E-state index contributed by atoms with van der Waals surface area (Å²) in [6.45, 7) is 3.25. The largest absolute Gasteiger partial charge is 0.314 e. The number of rotatable bonds is 3. The van der Waals surface area contributed by atoms with Crippen LogP contribution in [0.4, 0.5) is 0 Å². The average Bonchev–Trinajstić information content (AvgIpc) is 2.80. The second kappa shape index (κ2) is 5.06. The molecular weight excluding hydrogens is 224 g/mol. The Hall–Kier alpha value is -1.42. The van der Waals surface area contributed by atoms with Crippen molar-refractivity contribution in [1.29, 1.82) is 0 Å². The maximum atomic E-state index is 4.31. The second-order valence-corrected chi connectivity index (χ2v) is 5.23. The van der Waals surface area contributed by atoms with Crippen LogP contribution in [0, 0.1) is 6.92 Å². The highest BCUT2D eigenvalue weighted by Crippen LogP contribution is 2.14. The van der Waals surface area contributed by atoms with Gasteiger partial charge in [0, 0.05) is 18.7 Å². The van der Waals surface area contributed by atoms with E-state index in [9.17, 15) is 0 Å². The van der Waals surface area contributed by atoms with E-state index in [0.717, 1.165) is 24.3 Å². The Kier molecular flexibility index (Phi) is 3.28. The summed E-state index contributed by atoms with van der Waals surface area (Å²) < 4.78 is 2.11. The summed E-state index contributed by atoms with van der Waals surface area (Å²) in [5.41, 5.74) is 2.19. The van der Waals surface area contributed by atoms with Gasteiger partial charge in [-0.3, -0.25) is 4.40 Å². The standard InChI is InChI=1S/C14H20N4/c1-11-7-9-18-13(16-17-14(18)10-11)6-5-12-4-2-3-8-15-12/h7,9-10,12,15H,2-6,8H2,1H3. The molecule has 0 spiro atoms. The number of nitrogens with one attached hydrogen (secondary N) is 1. The summed E-state index contributed by atoms with van der Waals surface area (Å²) in [6.07, 6.45) is 8.22. The van der Waals surface area contributed by atoms with E-state index in [1.54, 1.807) is 0 Å². The van der Waals surface area contributed by atoms with Crippen molar-refractivity contribution in [3.05, 3.63) is 29.7 Å². The van der Waals surface area contributed by atoms with Crippen molar-refractivity contribution in [2.45, 2.75) is 45.1 Å². The van der Waals surface area contributed by atoms with Gasteiger partial charge in [-0.15, -0.1) is 10.2 Å². The van der Waals surface area contributed by atoms with Gasteiger partial charge >= 0.3 is 0 Å².